The number of H-pyrrole nitrogens is 1. The summed E-state index contributed by atoms with van der Waals surface area (Å²) in [7, 11) is -3.96. The monoisotopic (exact) mass is 281 g/mol. The highest BCUT2D eigenvalue weighted by molar-refractivity contribution is 7.50. The molecule has 2 rings (SSSR count). The minimum Gasteiger partial charge on any atom is -0.400 e. The zero-order chi connectivity index (χ0) is 11.6. The number of halogens is 2. The van der Waals surface area contributed by atoms with Gasteiger partial charge in [0.2, 0.25) is 0 Å². The number of benzene rings is 1. The zero-order valence-corrected chi connectivity index (χ0v) is 10.1. The Morgan fingerprint density at radius 2 is 1.88 bits per heavy atom. The summed E-state index contributed by atoms with van der Waals surface area (Å²) in [5.41, 5.74) is 0.813. The Kier molecular flexibility index (Phi) is 3.42. The van der Waals surface area contributed by atoms with E-state index in [1.54, 1.807) is 12.1 Å². The Balaban J connectivity index is 2.38. The molecule has 1 aromatic heterocycles. The Hall–Kier alpha value is -0.710. The van der Waals surface area contributed by atoms with Crippen LogP contribution in [0, 0.1) is 0 Å². The molecule has 0 aliphatic heterocycles. The summed E-state index contributed by atoms with van der Waals surface area (Å²) in [5.74, 6) is 0.278. The van der Waals surface area contributed by atoms with Gasteiger partial charge < -0.3 is 9.51 Å². The first-order valence-corrected chi connectivity index (χ1v) is 6.23. The van der Waals surface area contributed by atoms with E-state index in [0.29, 0.717) is 5.39 Å². The fourth-order valence-corrected chi connectivity index (χ4v) is 2.17. The van der Waals surface area contributed by atoms with Crippen LogP contribution in [0.1, 0.15) is 0 Å². The molecule has 16 heavy (non-hydrogen) atoms. The fraction of sp³-hybridized carbons (Fsp3) is 0. The van der Waals surface area contributed by atoms with E-state index in [9.17, 15) is 4.57 Å². The number of hydrogen-bond acceptors (Lipinski definition) is 4. The summed E-state index contributed by atoms with van der Waals surface area (Å²) >= 11 is 9.94. The smallest absolute Gasteiger partial charge is 0.400 e. The van der Waals surface area contributed by atoms with Gasteiger partial charge in [-0.2, -0.15) is 8.15 Å². The first-order valence-electron chi connectivity index (χ1n) is 4.15. The normalized spacial score (nSPS) is 11.9. The molecule has 1 heterocycles. The van der Waals surface area contributed by atoms with Crippen molar-refractivity contribution in [2.75, 3.05) is 0 Å². The van der Waals surface area contributed by atoms with Crippen LogP contribution in [0.25, 0.3) is 10.9 Å². The van der Waals surface area contributed by atoms with Crippen molar-refractivity contribution >= 4 is 42.5 Å². The van der Waals surface area contributed by atoms with Crippen LogP contribution in [0.2, 0.25) is 0 Å². The first kappa shape index (κ1) is 11.8. The predicted molar refractivity (Wildman–Crippen MR) is 60.4 cm³/mol. The first-order chi connectivity index (χ1) is 7.68. The Morgan fingerprint density at radius 3 is 2.56 bits per heavy atom. The van der Waals surface area contributed by atoms with Crippen LogP contribution in [-0.4, -0.2) is 4.98 Å². The second-order valence-corrected chi connectivity index (χ2v) is 5.06. The van der Waals surface area contributed by atoms with Crippen molar-refractivity contribution in [3.8, 4) is 5.75 Å². The molecule has 5 nitrogen and oxygen atoms in total. The van der Waals surface area contributed by atoms with Gasteiger partial charge in [0, 0.05) is 17.1 Å². The van der Waals surface area contributed by atoms with Gasteiger partial charge in [-0.3, -0.25) is 0 Å². The van der Waals surface area contributed by atoms with Gasteiger partial charge in [0.15, 0.2) is 5.75 Å². The van der Waals surface area contributed by atoms with E-state index in [4.69, 9.17) is 28.3 Å². The lowest BCUT2D eigenvalue weighted by Crippen LogP contribution is -1.91. The molecular weight excluding hydrogens is 276 g/mol. The fourth-order valence-electron chi connectivity index (χ4n) is 1.28. The van der Waals surface area contributed by atoms with Crippen LogP contribution in [0.4, 0.5) is 0 Å². The molecule has 0 saturated heterocycles. The van der Waals surface area contributed by atoms with Crippen molar-refractivity contribution in [1.29, 1.82) is 0 Å². The third-order valence-corrected chi connectivity index (χ3v) is 3.70. The molecule has 8 heteroatoms. The van der Waals surface area contributed by atoms with E-state index in [1.165, 1.54) is 6.20 Å². The van der Waals surface area contributed by atoms with E-state index in [0.717, 1.165) is 5.52 Å². The van der Waals surface area contributed by atoms with Crippen molar-refractivity contribution in [2.45, 2.75) is 0 Å². The second kappa shape index (κ2) is 4.65. The minimum absolute atomic E-state index is 0.278. The van der Waals surface area contributed by atoms with E-state index in [-0.39, 0.29) is 5.75 Å². The van der Waals surface area contributed by atoms with Gasteiger partial charge in [-0.15, -0.1) is 0 Å². The molecule has 0 spiro atoms. The maximum absolute atomic E-state index is 11.5. The number of para-hydroxylation sites is 1. The van der Waals surface area contributed by atoms with Gasteiger partial charge >= 0.3 is 7.82 Å². The number of hydrogen-bond donors (Lipinski definition) is 1. The summed E-state index contributed by atoms with van der Waals surface area (Å²) in [6.45, 7) is 0. The van der Waals surface area contributed by atoms with Crippen molar-refractivity contribution in [3.63, 3.8) is 0 Å². The van der Waals surface area contributed by atoms with Crippen molar-refractivity contribution < 1.29 is 17.2 Å². The molecule has 0 aliphatic rings. The van der Waals surface area contributed by atoms with Crippen LogP contribution in [0.5, 0.6) is 5.75 Å². The summed E-state index contributed by atoms with van der Waals surface area (Å²) in [6.07, 6.45) is 1.50. The number of rotatable bonds is 4. The Morgan fingerprint density at radius 1 is 1.19 bits per heavy atom. The average molecular weight is 282 g/mol. The largest absolute Gasteiger partial charge is 0.563 e. The molecular formula is C8H6Cl2NO4P. The highest BCUT2D eigenvalue weighted by atomic mass is 35.5. The lowest BCUT2D eigenvalue weighted by Gasteiger charge is -2.09. The summed E-state index contributed by atoms with van der Waals surface area (Å²) in [6, 6.07) is 7.25. The van der Waals surface area contributed by atoms with Crippen LogP contribution >= 0.6 is 31.6 Å². The van der Waals surface area contributed by atoms with Crippen molar-refractivity contribution in [1.82, 2.24) is 4.98 Å². The van der Waals surface area contributed by atoms with Gasteiger partial charge in [-0.1, -0.05) is 12.1 Å². The van der Waals surface area contributed by atoms with Gasteiger partial charge in [0.05, 0.1) is 23.7 Å². The predicted octanol–water partition coefficient (Wildman–Crippen LogP) is 4.00. The number of phosphoric acid groups is 1. The maximum atomic E-state index is 11.5. The van der Waals surface area contributed by atoms with E-state index < -0.39 is 7.82 Å². The molecule has 1 N–H and O–H groups in total. The molecule has 0 radical (unpaired) electrons. The number of aromatic amines is 1. The highest BCUT2D eigenvalue weighted by Gasteiger charge is 2.29. The molecule has 0 bridgehead atoms. The number of nitrogens with one attached hydrogen (secondary N) is 1. The molecule has 0 atom stereocenters. The highest BCUT2D eigenvalue weighted by Crippen LogP contribution is 2.52. The third-order valence-electron chi connectivity index (χ3n) is 1.93. The summed E-state index contributed by atoms with van der Waals surface area (Å²) in [4.78, 5) is 2.92. The lowest BCUT2D eigenvalue weighted by atomic mass is 10.2. The Labute approximate surface area is 101 Å². The van der Waals surface area contributed by atoms with Gasteiger partial charge in [0.1, 0.15) is 0 Å². The molecule has 2 aromatic rings. The van der Waals surface area contributed by atoms with Gasteiger partial charge in [-0.05, 0) is 12.1 Å². The third kappa shape index (κ3) is 2.19. The molecule has 0 saturated carbocycles. The minimum atomic E-state index is -3.96. The molecule has 0 amide bonds. The summed E-state index contributed by atoms with van der Waals surface area (Å²) in [5, 5.41) is 0.713. The van der Waals surface area contributed by atoms with Gasteiger partial charge in [-0.25, -0.2) is 4.57 Å². The molecule has 0 unspecified atom stereocenters. The lowest BCUT2D eigenvalue weighted by molar-refractivity contribution is 0.319. The topological polar surface area (TPSA) is 60.6 Å². The van der Waals surface area contributed by atoms with E-state index >= 15 is 0 Å². The SMILES string of the molecule is O=P(OCl)(OCl)Oc1c[nH]c2ccccc12. The van der Waals surface area contributed by atoms with E-state index in [2.05, 4.69) is 13.1 Å². The standard InChI is InChI=1S/C8H6Cl2NO4P/c9-14-16(12,15-10)13-8-5-11-7-4-2-1-3-6(7)8/h1-5,11H. The Bertz CT molecular complexity index is 536. The van der Waals surface area contributed by atoms with Crippen molar-refractivity contribution in [2.24, 2.45) is 0 Å². The number of aromatic nitrogens is 1. The molecule has 86 valence electrons. The summed E-state index contributed by atoms with van der Waals surface area (Å²) < 4.78 is 24.6. The molecule has 0 aliphatic carbocycles. The van der Waals surface area contributed by atoms with Crippen molar-refractivity contribution in [3.05, 3.63) is 30.5 Å². The van der Waals surface area contributed by atoms with E-state index in [1.807, 2.05) is 12.1 Å². The zero-order valence-electron chi connectivity index (χ0n) is 7.72. The quantitative estimate of drug-likeness (QED) is 0.861. The maximum Gasteiger partial charge on any atom is 0.563 e. The average Bonchev–Trinajstić information content (AvgIpc) is 2.73. The molecule has 0 fully saturated rings. The van der Waals surface area contributed by atoms with Crippen LogP contribution in [-0.2, 0) is 12.7 Å². The second-order valence-electron chi connectivity index (χ2n) is 2.88. The van der Waals surface area contributed by atoms with Gasteiger partial charge in [0.25, 0.3) is 0 Å². The van der Waals surface area contributed by atoms with Crippen LogP contribution in [0.15, 0.2) is 30.5 Å². The van der Waals surface area contributed by atoms with Crippen LogP contribution in [0.3, 0.4) is 0 Å². The molecule has 1 aromatic carbocycles. The number of fused-ring (bicyclic) bond motifs is 1. The van der Waals surface area contributed by atoms with Crippen LogP contribution < -0.4 is 4.52 Å².